The molecule has 0 aliphatic carbocycles. The second-order valence-corrected chi connectivity index (χ2v) is 4.33. The molecule has 2 rings (SSSR count). The van der Waals surface area contributed by atoms with Gasteiger partial charge in [0.05, 0.1) is 0 Å². The summed E-state index contributed by atoms with van der Waals surface area (Å²) in [6.07, 6.45) is 0.690. The van der Waals surface area contributed by atoms with Crippen LogP contribution in [-0.4, -0.2) is 16.5 Å². The Kier molecular flexibility index (Phi) is 4.30. The molecule has 100 valence electrons. The first-order valence-electron chi connectivity index (χ1n) is 6.33. The summed E-state index contributed by atoms with van der Waals surface area (Å²) < 4.78 is 0. The summed E-state index contributed by atoms with van der Waals surface area (Å²) in [4.78, 5) is 18.4. The molecule has 1 atom stereocenters. The van der Waals surface area contributed by atoms with E-state index in [1.165, 1.54) is 6.07 Å². The molecule has 1 unspecified atom stereocenters. The first-order valence-corrected chi connectivity index (χ1v) is 6.33. The fourth-order valence-corrected chi connectivity index (χ4v) is 1.80. The Morgan fingerprint density at radius 2 is 2.11 bits per heavy atom. The van der Waals surface area contributed by atoms with Crippen LogP contribution in [0.1, 0.15) is 24.4 Å². The van der Waals surface area contributed by atoms with Gasteiger partial charge in [-0.15, -0.1) is 0 Å². The first kappa shape index (κ1) is 13.3. The summed E-state index contributed by atoms with van der Waals surface area (Å²) in [5.74, 6) is 1.23. The molecule has 1 heterocycles. The third-order valence-electron chi connectivity index (χ3n) is 2.86. The average molecular weight is 258 g/mol. The van der Waals surface area contributed by atoms with Gasteiger partial charge in [0.15, 0.2) is 0 Å². The number of nitrogens with two attached hydrogens (primary N) is 1. The summed E-state index contributed by atoms with van der Waals surface area (Å²) in [5.41, 5.74) is 6.98. The molecule has 0 radical (unpaired) electrons. The minimum atomic E-state index is -0.150. The van der Waals surface area contributed by atoms with Gasteiger partial charge in [-0.05, 0) is 5.56 Å². The number of aromatic amines is 1. The van der Waals surface area contributed by atoms with E-state index in [1.54, 1.807) is 0 Å². The van der Waals surface area contributed by atoms with Crippen LogP contribution in [0, 0.1) is 0 Å². The molecule has 1 aromatic heterocycles. The Morgan fingerprint density at radius 1 is 1.37 bits per heavy atom. The number of nitrogens with zero attached hydrogens (tertiary/aromatic N) is 1. The Morgan fingerprint density at radius 3 is 2.79 bits per heavy atom. The molecule has 0 amide bonds. The normalized spacial score (nSPS) is 12.1. The van der Waals surface area contributed by atoms with Crippen LogP contribution in [0.5, 0.6) is 0 Å². The van der Waals surface area contributed by atoms with Gasteiger partial charge in [0.25, 0.3) is 5.56 Å². The van der Waals surface area contributed by atoms with Crippen molar-refractivity contribution in [2.75, 3.05) is 11.9 Å². The maximum absolute atomic E-state index is 11.4. The second-order valence-electron chi connectivity index (χ2n) is 4.33. The second kappa shape index (κ2) is 6.15. The first-order chi connectivity index (χ1) is 9.19. The van der Waals surface area contributed by atoms with Crippen molar-refractivity contribution in [3.8, 4) is 0 Å². The Hall–Kier alpha value is -2.14. The lowest BCUT2D eigenvalue weighted by Crippen LogP contribution is -2.22. The summed E-state index contributed by atoms with van der Waals surface area (Å²) in [6, 6.07) is 11.1. The highest BCUT2D eigenvalue weighted by atomic mass is 16.1. The van der Waals surface area contributed by atoms with Crippen molar-refractivity contribution >= 4 is 5.82 Å². The van der Waals surface area contributed by atoms with Gasteiger partial charge < -0.3 is 16.0 Å². The number of benzene rings is 1. The number of nitrogens with one attached hydrogen (secondary N) is 2. The molecule has 0 saturated carbocycles. The number of H-pyrrole nitrogens is 1. The fourth-order valence-electron chi connectivity index (χ4n) is 1.80. The third kappa shape index (κ3) is 3.66. The van der Waals surface area contributed by atoms with Crippen molar-refractivity contribution in [3.63, 3.8) is 0 Å². The van der Waals surface area contributed by atoms with Crippen molar-refractivity contribution in [1.82, 2.24) is 9.97 Å². The van der Waals surface area contributed by atoms with Gasteiger partial charge in [-0.3, -0.25) is 4.79 Å². The van der Waals surface area contributed by atoms with E-state index in [0.29, 0.717) is 24.6 Å². The summed E-state index contributed by atoms with van der Waals surface area (Å²) >= 11 is 0. The van der Waals surface area contributed by atoms with Gasteiger partial charge in [0.2, 0.25) is 0 Å². The molecule has 0 bridgehead atoms. The number of aryl methyl sites for hydroxylation is 1. The molecule has 0 saturated heterocycles. The van der Waals surface area contributed by atoms with Crippen LogP contribution in [0.3, 0.4) is 0 Å². The van der Waals surface area contributed by atoms with E-state index >= 15 is 0 Å². The summed E-state index contributed by atoms with van der Waals surface area (Å²) in [5, 5.41) is 3.10. The van der Waals surface area contributed by atoms with E-state index in [1.807, 2.05) is 37.3 Å². The van der Waals surface area contributed by atoms with Crippen molar-refractivity contribution in [3.05, 3.63) is 58.1 Å². The Labute approximate surface area is 111 Å². The zero-order valence-electron chi connectivity index (χ0n) is 10.9. The molecule has 0 aliphatic heterocycles. The van der Waals surface area contributed by atoms with Gasteiger partial charge in [-0.1, -0.05) is 37.3 Å². The van der Waals surface area contributed by atoms with Crippen molar-refractivity contribution in [2.45, 2.75) is 19.4 Å². The van der Waals surface area contributed by atoms with Crippen LogP contribution in [0.4, 0.5) is 5.82 Å². The molecular weight excluding hydrogens is 240 g/mol. The highest BCUT2D eigenvalue weighted by Crippen LogP contribution is 2.10. The minimum Gasteiger partial charge on any atom is -0.368 e. The largest absolute Gasteiger partial charge is 0.368 e. The molecule has 2 aromatic rings. The Bertz CT molecular complexity index is 579. The van der Waals surface area contributed by atoms with E-state index in [9.17, 15) is 4.79 Å². The predicted octanol–water partition coefficient (Wildman–Crippen LogP) is 1.44. The summed E-state index contributed by atoms with van der Waals surface area (Å²) in [7, 11) is 0. The summed E-state index contributed by atoms with van der Waals surface area (Å²) in [6.45, 7) is 2.47. The van der Waals surface area contributed by atoms with Gasteiger partial charge in [-0.2, -0.15) is 0 Å². The molecule has 5 nitrogen and oxygen atoms in total. The van der Waals surface area contributed by atoms with E-state index in [2.05, 4.69) is 15.3 Å². The van der Waals surface area contributed by atoms with E-state index in [0.717, 1.165) is 5.56 Å². The van der Waals surface area contributed by atoms with E-state index in [4.69, 9.17) is 5.73 Å². The maximum Gasteiger partial charge on any atom is 0.252 e. The van der Waals surface area contributed by atoms with Crippen molar-refractivity contribution < 1.29 is 0 Å². The number of aromatic nitrogens is 2. The number of anilines is 1. The van der Waals surface area contributed by atoms with Gasteiger partial charge >= 0.3 is 0 Å². The fraction of sp³-hybridized carbons (Fsp3) is 0.286. The maximum atomic E-state index is 11.4. The quantitative estimate of drug-likeness (QED) is 0.757. The lowest BCUT2D eigenvalue weighted by Gasteiger charge is -2.13. The highest BCUT2D eigenvalue weighted by Gasteiger charge is 2.06. The van der Waals surface area contributed by atoms with Crippen molar-refractivity contribution in [1.29, 1.82) is 0 Å². The lowest BCUT2D eigenvalue weighted by molar-refractivity contribution is 0.759. The molecule has 1 aromatic carbocycles. The number of hydrogen-bond acceptors (Lipinski definition) is 4. The minimum absolute atomic E-state index is 0.132. The zero-order chi connectivity index (χ0) is 13.7. The molecular formula is C14H18N4O. The molecule has 5 heteroatoms. The van der Waals surface area contributed by atoms with Crippen LogP contribution < -0.4 is 16.6 Å². The van der Waals surface area contributed by atoms with Gasteiger partial charge in [0, 0.05) is 25.1 Å². The molecule has 0 aliphatic rings. The van der Waals surface area contributed by atoms with E-state index in [-0.39, 0.29) is 11.6 Å². The topological polar surface area (TPSA) is 83.8 Å². The van der Waals surface area contributed by atoms with Crippen LogP contribution in [0.15, 0.2) is 41.2 Å². The molecule has 0 fully saturated rings. The van der Waals surface area contributed by atoms with Crippen molar-refractivity contribution in [2.24, 2.45) is 5.73 Å². The average Bonchev–Trinajstić information content (AvgIpc) is 2.45. The van der Waals surface area contributed by atoms with Crippen LogP contribution in [0.25, 0.3) is 0 Å². The van der Waals surface area contributed by atoms with Gasteiger partial charge in [-0.25, -0.2) is 4.98 Å². The predicted molar refractivity (Wildman–Crippen MR) is 76.1 cm³/mol. The Balaban J connectivity index is 2.03. The van der Waals surface area contributed by atoms with Crippen LogP contribution >= 0.6 is 0 Å². The highest BCUT2D eigenvalue weighted by molar-refractivity contribution is 5.34. The smallest absolute Gasteiger partial charge is 0.252 e. The zero-order valence-corrected chi connectivity index (χ0v) is 10.9. The third-order valence-corrected chi connectivity index (χ3v) is 2.86. The number of hydrogen-bond donors (Lipinski definition) is 3. The SMILES string of the molecule is CCc1nc(NCC(N)c2ccccc2)cc(=O)[nH]1. The van der Waals surface area contributed by atoms with Gasteiger partial charge in [0.1, 0.15) is 11.6 Å². The molecule has 0 spiro atoms. The van der Waals surface area contributed by atoms with Crippen LogP contribution in [0.2, 0.25) is 0 Å². The molecule has 19 heavy (non-hydrogen) atoms. The standard InChI is InChI=1S/C14H18N4O/c1-2-12-17-13(8-14(19)18-12)16-9-11(15)10-6-4-3-5-7-10/h3-8,11H,2,9,15H2,1H3,(H2,16,17,18,19). The number of rotatable bonds is 5. The monoisotopic (exact) mass is 258 g/mol. The van der Waals surface area contributed by atoms with E-state index < -0.39 is 0 Å². The van der Waals surface area contributed by atoms with Crippen LogP contribution in [-0.2, 0) is 6.42 Å². The lowest BCUT2D eigenvalue weighted by atomic mass is 10.1. The molecule has 4 N–H and O–H groups in total.